The molecule has 1 atom stereocenters. The molecule has 0 unspecified atom stereocenters. The van der Waals surface area contributed by atoms with Crippen LogP contribution in [0.5, 0.6) is 0 Å². The van der Waals surface area contributed by atoms with Crippen LogP contribution in [0.2, 0.25) is 0 Å². The van der Waals surface area contributed by atoms with Gasteiger partial charge in [-0.15, -0.1) is 0 Å². The third kappa shape index (κ3) is 4.49. The molecule has 3 rings (SSSR count). The van der Waals surface area contributed by atoms with Crippen molar-refractivity contribution in [1.82, 2.24) is 5.32 Å². The number of cyclic esters (lactones) is 1. The zero-order valence-electron chi connectivity index (χ0n) is 17.8. The first-order valence-electron chi connectivity index (χ1n) is 10.6. The molecule has 0 bridgehead atoms. The van der Waals surface area contributed by atoms with Gasteiger partial charge in [-0.1, -0.05) is 20.3 Å². The highest BCUT2D eigenvalue weighted by Crippen LogP contribution is 2.32. The van der Waals surface area contributed by atoms with Gasteiger partial charge in [-0.05, 0) is 50.3 Å². The number of rotatable bonds is 8. The summed E-state index contributed by atoms with van der Waals surface area (Å²) in [5, 5.41) is 2.87. The molecular formula is C22H32FN3O3. The van der Waals surface area contributed by atoms with E-state index in [9.17, 15) is 14.0 Å². The van der Waals surface area contributed by atoms with Crippen LogP contribution in [-0.4, -0.2) is 44.3 Å². The van der Waals surface area contributed by atoms with E-state index in [1.807, 2.05) is 24.9 Å². The number of nitrogens with zero attached hydrogens (tertiary/aromatic N) is 2. The molecule has 29 heavy (non-hydrogen) atoms. The van der Waals surface area contributed by atoms with Crippen molar-refractivity contribution in [1.29, 1.82) is 0 Å². The van der Waals surface area contributed by atoms with Crippen LogP contribution in [0.15, 0.2) is 12.1 Å². The highest BCUT2D eigenvalue weighted by atomic mass is 19.1. The van der Waals surface area contributed by atoms with E-state index in [0.717, 1.165) is 37.7 Å². The molecule has 1 aromatic rings. The van der Waals surface area contributed by atoms with Crippen molar-refractivity contribution < 1.29 is 18.7 Å². The van der Waals surface area contributed by atoms with E-state index in [1.165, 1.54) is 11.0 Å². The quantitative estimate of drug-likeness (QED) is 0.710. The summed E-state index contributed by atoms with van der Waals surface area (Å²) in [5.41, 5.74) is 1.84. The number of hydrogen-bond donors (Lipinski definition) is 1. The molecule has 0 aromatic heterocycles. The summed E-state index contributed by atoms with van der Waals surface area (Å²) < 4.78 is 20.4. The highest BCUT2D eigenvalue weighted by Gasteiger charge is 2.34. The molecule has 0 radical (unpaired) electrons. The summed E-state index contributed by atoms with van der Waals surface area (Å²) in [6.45, 7) is 6.63. The van der Waals surface area contributed by atoms with E-state index in [4.69, 9.17) is 4.74 Å². The first-order valence-corrected chi connectivity index (χ1v) is 10.6. The third-order valence-corrected chi connectivity index (χ3v) is 6.25. The lowest BCUT2D eigenvalue weighted by Crippen LogP contribution is -2.40. The Morgan fingerprint density at radius 2 is 2.03 bits per heavy atom. The minimum Gasteiger partial charge on any atom is -0.442 e. The van der Waals surface area contributed by atoms with Crippen molar-refractivity contribution in [3.05, 3.63) is 23.5 Å². The van der Waals surface area contributed by atoms with Gasteiger partial charge in [-0.2, -0.15) is 0 Å². The maximum absolute atomic E-state index is 15.0. The Morgan fingerprint density at radius 3 is 2.59 bits per heavy atom. The minimum atomic E-state index is -0.507. The first-order chi connectivity index (χ1) is 13.8. The largest absolute Gasteiger partial charge is 0.442 e. The Morgan fingerprint density at radius 1 is 1.34 bits per heavy atom. The fraction of sp³-hybridized carbons (Fsp3) is 0.636. The third-order valence-electron chi connectivity index (χ3n) is 6.25. The molecule has 1 saturated carbocycles. The monoisotopic (exact) mass is 405 g/mol. The van der Waals surface area contributed by atoms with E-state index in [0.29, 0.717) is 17.9 Å². The second-order valence-electron chi connectivity index (χ2n) is 8.16. The predicted molar refractivity (Wildman–Crippen MR) is 112 cm³/mol. The molecule has 0 spiro atoms. The smallest absolute Gasteiger partial charge is 0.414 e. The first kappa shape index (κ1) is 21.4. The van der Waals surface area contributed by atoms with Gasteiger partial charge < -0.3 is 15.0 Å². The van der Waals surface area contributed by atoms with Gasteiger partial charge in [0.1, 0.15) is 11.9 Å². The number of benzene rings is 1. The lowest BCUT2D eigenvalue weighted by molar-refractivity contribution is -0.127. The molecule has 160 valence electrons. The van der Waals surface area contributed by atoms with E-state index in [2.05, 4.69) is 19.2 Å². The molecule has 2 fully saturated rings. The normalized spacial score (nSPS) is 19.3. The van der Waals surface area contributed by atoms with Crippen molar-refractivity contribution in [2.75, 3.05) is 29.9 Å². The van der Waals surface area contributed by atoms with Crippen LogP contribution < -0.4 is 15.1 Å². The summed E-state index contributed by atoms with van der Waals surface area (Å²) in [6.07, 6.45) is 3.88. The van der Waals surface area contributed by atoms with Crippen LogP contribution in [0.3, 0.4) is 0 Å². The van der Waals surface area contributed by atoms with Crippen LogP contribution in [0.25, 0.3) is 0 Å². The Kier molecular flexibility index (Phi) is 6.65. The standard InChI is InChI=1S/C22H32FN3O3/c1-5-16(6-2)25(4)20-14(3)10-17(11-19(20)23)26-13-18(29-22(26)28)12-24-21(27)15-8-7-9-15/h10-11,15-16,18H,5-9,12-13H2,1-4H3,(H,24,27)/t18-/m0/s1. The van der Waals surface area contributed by atoms with E-state index < -0.39 is 12.2 Å². The number of halogens is 1. The summed E-state index contributed by atoms with van der Waals surface area (Å²) in [5.74, 6) is -0.218. The molecule has 2 amide bonds. The van der Waals surface area contributed by atoms with Gasteiger partial charge in [0.2, 0.25) is 5.91 Å². The Labute approximate surface area is 172 Å². The van der Waals surface area contributed by atoms with E-state index >= 15 is 0 Å². The number of aryl methyl sites for hydroxylation is 1. The van der Waals surface area contributed by atoms with Gasteiger partial charge in [0.15, 0.2) is 0 Å². The van der Waals surface area contributed by atoms with Crippen LogP contribution in [0.1, 0.15) is 51.5 Å². The SMILES string of the molecule is CCC(CC)N(C)c1c(C)cc(N2C[C@H](CNC(=O)C3CCC3)OC2=O)cc1F. The van der Waals surface area contributed by atoms with Crippen LogP contribution >= 0.6 is 0 Å². The summed E-state index contributed by atoms with van der Waals surface area (Å²) in [6, 6.07) is 3.49. The van der Waals surface area contributed by atoms with Gasteiger partial charge in [0.05, 0.1) is 24.5 Å². The second-order valence-corrected chi connectivity index (χ2v) is 8.16. The van der Waals surface area contributed by atoms with E-state index in [1.54, 1.807) is 0 Å². The molecule has 6 nitrogen and oxygen atoms in total. The Hall–Kier alpha value is -2.31. The number of nitrogens with one attached hydrogen (secondary N) is 1. The number of ether oxygens (including phenoxy) is 1. The lowest BCUT2D eigenvalue weighted by atomic mass is 9.85. The highest BCUT2D eigenvalue weighted by molar-refractivity contribution is 5.90. The number of hydrogen-bond acceptors (Lipinski definition) is 4. The van der Waals surface area contributed by atoms with Gasteiger partial charge in [0, 0.05) is 19.0 Å². The topological polar surface area (TPSA) is 61.9 Å². The summed E-state index contributed by atoms with van der Waals surface area (Å²) in [4.78, 5) is 27.7. The molecule has 1 aromatic carbocycles. The van der Waals surface area contributed by atoms with Crippen LogP contribution in [-0.2, 0) is 9.53 Å². The summed E-state index contributed by atoms with van der Waals surface area (Å²) >= 11 is 0. The van der Waals surface area contributed by atoms with Gasteiger partial charge in [-0.3, -0.25) is 9.69 Å². The number of carbonyl (C=O) groups excluding carboxylic acids is 2. The van der Waals surface area contributed by atoms with Gasteiger partial charge in [0.25, 0.3) is 0 Å². The minimum absolute atomic E-state index is 0.0291. The van der Waals surface area contributed by atoms with Crippen LogP contribution in [0.4, 0.5) is 20.6 Å². The van der Waals surface area contributed by atoms with Gasteiger partial charge >= 0.3 is 6.09 Å². The van der Waals surface area contributed by atoms with Crippen molar-refractivity contribution in [3.63, 3.8) is 0 Å². The maximum atomic E-state index is 15.0. The average molecular weight is 406 g/mol. The predicted octanol–water partition coefficient (Wildman–Crippen LogP) is 4.00. The zero-order valence-corrected chi connectivity index (χ0v) is 17.8. The number of carbonyl (C=O) groups is 2. The Bertz CT molecular complexity index is 739. The van der Waals surface area contributed by atoms with Crippen molar-refractivity contribution in [2.45, 2.75) is 65.0 Å². The van der Waals surface area contributed by atoms with Crippen LogP contribution in [0, 0.1) is 18.7 Å². The Balaban J connectivity index is 1.68. The molecule has 1 N–H and O–H groups in total. The van der Waals surface area contributed by atoms with Crippen molar-refractivity contribution in [2.24, 2.45) is 5.92 Å². The van der Waals surface area contributed by atoms with E-state index in [-0.39, 0.29) is 30.2 Å². The molecule has 1 aliphatic carbocycles. The van der Waals surface area contributed by atoms with Crippen molar-refractivity contribution >= 4 is 23.4 Å². The molecule has 7 heteroatoms. The lowest BCUT2D eigenvalue weighted by Gasteiger charge is -2.30. The van der Waals surface area contributed by atoms with Crippen molar-refractivity contribution in [3.8, 4) is 0 Å². The van der Waals surface area contributed by atoms with Gasteiger partial charge in [-0.25, -0.2) is 9.18 Å². The fourth-order valence-corrected chi connectivity index (χ4v) is 4.21. The molecule has 2 aliphatic rings. The fourth-order valence-electron chi connectivity index (χ4n) is 4.21. The zero-order chi connectivity index (χ0) is 21.1. The average Bonchev–Trinajstić information content (AvgIpc) is 2.99. The second kappa shape index (κ2) is 9.01. The molecule has 1 aliphatic heterocycles. The molecule has 1 heterocycles. The number of anilines is 2. The molecule has 1 saturated heterocycles. The number of amides is 2. The maximum Gasteiger partial charge on any atom is 0.414 e. The summed E-state index contributed by atoms with van der Waals surface area (Å²) in [7, 11) is 1.91. The molecular weight excluding hydrogens is 373 g/mol.